The maximum Gasteiger partial charge on any atom is 0.243 e. The van der Waals surface area contributed by atoms with E-state index < -0.39 is 10.0 Å². The highest BCUT2D eigenvalue weighted by molar-refractivity contribution is 7.89. The molecule has 4 heterocycles. The van der Waals surface area contributed by atoms with Crippen LogP contribution in [0.25, 0.3) is 10.9 Å². The van der Waals surface area contributed by atoms with Crippen molar-refractivity contribution >= 4 is 32.7 Å². The summed E-state index contributed by atoms with van der Waals surface area (Å²) in [5.74, 6) is 0.856. The Labute approximate surface area is 201 Å². The molecular weight excluding hydrogens is 452 g/mol. The SMILES string of the molecule is O=C(NC[C@@H]1CCCO1)[C@H]1CCCN(c2ccc3cc(S(=O)(=O)N4CCCCC4)ccc3n2)C1. The van der Waals surface area contributed by atoms with Crippen LogP contribution >= 0.6 is 0 Å². The first kappa shape index (κ1) is 23.5. The number of nitrogens with one attached hydrogen (secondary N) is 1. The highest BCUT2D eigenvalue weighted by Crippen LogP contribution is 2.27. The molecule has 1 aromatic heterocycles. The van der Waals surface area contributed by atoms with Gasteiger partial charge in [0.1, 0.15) is 5.82 Å². The number of ether oxygens (including phenoxy) is 1. The Balaban J connectivity index is 1.27. The third-order valence-corrected chi connectivity index (χ3v) is 9.14. The summed E-state index contributed by atoms with van der Waals surface area (Å²) in [6.07, 6.45) is 6.96. The summed E-state index contributed by atoms with van der Waals surface area (Å²) in [7, 11) is -3.47. The van der Waals surface area contributed by atoms with Gasteiger partial charge in [0.2, 0.25) is 15.9 Å². The number of hydrogen-bond donors (Lipinski definition) is 1. The second-order valence-electron chi connectivity index (χ2n) is 9.65. The number of fused-ring (bicyclic) bond motifs is 1. The van der Waals surface area contributed by atoms with Crippen LogP contribution in [0.3, 0.4) is 0 Å². The van der Waals surface area contributed by atoms with Gasteiger partial charge in [-0.15, -0.1) is 0 Å². The van der Waals surface area contributed by atoms with Gasteiger partial charge in [-0.3, -0.25) is 4.79 Å². The van der Waals surface area contributed by atoms with Gasteiger partial charge < -0.3 is 15.0 Å². The van der Waals surface area contributed by atoms with Crippen LogP contribution < -0.4 is 10.2 Å². The predicted octanol–water partition coefficient (Wildman–Crippen LogP) is 2.92. The van der Waals surface area contributed by atoms with Crippen LogP contribution in [0.4, 0.5) is 5.82 Å². The highest BCUT2D eigenvalue weighted by atomic mass is 32.2. The lowest BCUT2D eigenvalue weighted by Crippen LogP contribution is -2.44. The number of amides is 1. The molecule has 0 saturated carbocycles. The van der Waals surface area contributed by atoms with Gasteiger partial charge in [0.25, 0.3) is 0 Å². The van der Waals surface area contributed by atoms with E-state index in [-0.39, 0.29) is 17.9 Å². The van der Waals surface area contributed by atoms with Crippen LogP contribution in [0.5, 0.6) is 0 Å². The van der Waals surface area contributed by atoms with Crippen LogP contribution in [0.15, 0.2) is 35.2 Å². The van der Waals surface area contributed by atoms with E-state index in [0.29, 0.717) is 31.1 Å². The molecule has 3 aliphatic heterocycles. The molecule has 8 nitrogen and oxygen atoms in total. The van der Waals surface area contributed by atoms with Crippen LogP contribution in [0.2, 0.25) is 0 Å². The third kappa shape index (κ3) is 5.06. The van der Waals surface area contributed by atoms with Crippen LogP contribution in [-0.4, -0.2) is 69.0 Å². The number of piperidine rings is 2. The van der Waals surface area contributed by atoms with Gasteiger partial charge in [0.15, 0.2) is 0 Å². The first-order valence-corrected chi connectivity index (χ1v) is 14.0. The summed E-state index contributed by atoms with van der Waals surface area (Å²) in [6, 6.07) is 9.07. The van der Waals surface area contributed by atoms with Crippen molar-refractivity contribution in [3.63, 3.8) is 0 Å². The molecule has 1 N–H and O–H groups in total. The highest BCUT2D eigenvalue weighted by Gasteiger charge is 2.28. The zero-order valence-corrected chi connectivity index (χ0v) is 20.4. The Bertz CT molecular complexity index is 1130. The molecular formula is C25H34N4O4S. The molecule has 0 radical (unpaired) electrons. The van der Waals surface area contributed by atoms with Crippen molar-refractivity contribution in [3.05, 3.63) is 30.3 Å². The molecule has 0 bridgehead atoms. The Morgan fingerprint density at radius 2 is 1.88 bits per heavy atom. The Kier molecular flexibility index (Phi) is 7.04. The van der Waals surface area contributed by atoms with Crippen molar-refractivity contribution in [3.8, 4) is 0 Å². The van der Waals surface area contributed by atoms with Gasteiger partial charge in [-0.05, 0) is 68.9 Å². The molecule has 3 saturated heterocycles. The number of sulfonamides is 1. The first-order valence-electron chi connectivity index (χ1n) is 12.6. The number of pyridine rings is 1. The van der Waals surface area contributed by atoms with Crippen LogP contribution in [0.1, 0.15) is 44.9 Å². The molecule has 3 aliphatic rings. The number of carbonyl (C=O) groups is 1. The number of anilines is 1. The molecule has 0 spiro atoms. The molecule has 34 heavy (non-hydrogen) atoms. The second-order valence-corrected chi connectivity index (χ2v) is 11.6. The van der Waals surface area contributed by atoms with Gasteiger partial charge in [-0.2, -0.15) is 4.31 Å². The standard InChI is InChI=1S/C25H34N4O4S/c30-25(26-17-21-7-5-15-33-21)20-6-4-12-28(18-20)24-11-8-19-16-22(9-10-23(19)27-24)34(31,32)29-13-2-1-3-14-29/h8-11,16,20-21H,1-7,12-15,17-18H2,(H,26,30)/t20-,21-/m0/s1. The van der Waals surface area contributed by atoms with E-state index in [1.54, 1.807) is 22.5 Å². The fourth-order valence-electron chi connectivity index (χ4n) is 5.25. The molecule has 1 aromatic carbocycles. The van der Waals surface area contributed by atoms with Gasteiger partial charge >= 0.3 is 0 Å². The fourth-order valence-corrected chi connectivity index (χ4v) is 6.80. The predicted molar refractivity (Wildman–Crippen MR) is 131 cm³/mol. The lowest BCUT2D eigenvalue weighted by Gasteiger charge is -2.33. The molecule has 2 atom stereocenters. The number of rotatable bonds is 6. The molecule has 184 valence electrons. The van der Waals surface area contributed by atoms with Crippen molar-refractivity contribution in [2.24, 2.45) is 5.92 Å². The van der Waals surface area contributed by atoms with Gasteiger partial charge in [-0.1, -0.05) is 6.42 Å². The second kappa shape index (κ2) is 10.2. The van der Waals surface area contributed by atoms with Crippen molar-refractivity contribution < 1.29 is 17.9 Å². The lowest BCUT2D eigenvalue weighted by molar-refractivity contribution is -0.125. The normalized spacial score (nSPS) is 24.4. The van der Waals surface area contributed by atoms with E-state index in [0.717, 1.165) is 74.8 Å². The molecule has 2 aromatic rings. The zero-order valence-electron chi connectivity index (χ0n) is 19.6. The van der Waals surface area contributed by atoms with Crippen molar-refractivity contribution in [1.29, 1.82) is 0 Å². The molecule has 1 amide bonds. The van der Waals surface area contributed by atoms with Crippen molar-refractivity contribution in [2.75, 3.05) is 44.2 Å². The summed E-state index contributed by atoms with van der Waals surface area (Å²) in [4.78, 5) is 20.0. The first-order chi connectivity index (χ1) is 16.5. The largest absolute Gasteiger partial charge is 0.376 e. The minimum atomic E-state index is -3.47. The molecule has 5 rings (SSSR count). The Morgan fingerprint density at radius 3 is 2.68 bits per heavy atom. The summed E-state index contributed by atoms with van der Waals surface area (Å²) in [5, 5.41) is 3.88. The van der Waals surface area contributed by atoms with Crippen molar-refractivity contribution in [2.45, 2.75) is 55.9 Å². The lowest BCUT2D eigenvalue weighted by atomic mass is 9.97. The number of hydrogen-bond acceptors (Lipinski definition) is 6. The maximum absolute atomic E-state index is 13.0. The van der Waals surface area contributed by atoms with Gasteiger partial charge in [0, 0.05) is 44.7 Å². The monoisotopic (exact) mass is 486 g/mol. The smallest absolute Gasteiger partial charge is 0.243 e. The molecule has 3 fully saturated rings. The minimum Gasteiger partial charge on any atom is -0.376 e. The number of nitrogens with zero attached hydrogens (tertiary/aromatic N) is 3. The van der Waals surface area contributed by atoms with E-state index in [4.69, 9.17) is 9.72 Å². The van der Waals surface area contributed by atoms with Gasteiger partial charge in [0.05, 0.1) is 22.4 Å². The summed E-state index contributed by atoms with van der Waals surface area (Å²) in [6.45, 7) is 4.06. The topological polar surface area (TPSA) is 91.8 Å². The number of aromatic nitrogens is 1. The number of carbonyl (C=O) groups excluding carboxylic acids is 1. The fraction of sp³-hybridized carbons (Fsp3) is 0.600. The van der Waals surface area contributed by atoms with Crippen molar-refractivity contribution in [1.82, 2.24) is 14.6 Å². The molecule has 0 aliphatic carbocycles. The Hall–Kier alpha value is -2.23. The maximum atomic E-state index is 13.0. The number of benzene rings is 1. The zero-order chi connectivity index (χ0) is 23.5. The van der Waals surface area contributed by atoms with Gasteiger partial charge in [-0.25, -0.2) is 13.4 Å². The Morgan fingerprint density at radius 1 is 1.03 bits per heavy atom. The summed E-state index contributed by atoms with van der Waals surface area (Å²) in [5.41, 5.74) is 0.764. The average Bonchev–Trinajstić information content (AvgIpc) is 3.41. The van der Waals surface area contributed by atoms with E-state index in [9.17, 15) is 13.2 Å². The van der Waals surface area contributed by atoms with E-state index in [1.165, 1.54) is 0 Å². The van der Waals surface area contributed by atoms with E-state index >= 15 is 0 Å². The minimum absolute atomic E-state index is 0.0651. The average molecular weight is 487 g/mol. The van der Waals surface area contributed by atoms with Crippen LogP contribution in [-0.2, 0) is 19.6 Å². The van der Waals surface area contributed by atoms with Crippen LogP contribution in [0, 0.1) is 5.92 Å². The quantitative estimate of drug-likeness (QED) is 0.675. The van der Waals surface area contributed by atoms with E-state index in [2.05, 4.69) is 10.2 Å². The third-order valence-electron chi connectivity index (χ3n) is 7.24. The summed E-state index contributed by atoms with van der Waals surface area (Å²) < 4.78 is 33.3. The summed E-state index contributed by atoms with van der Waals surface area (Å²) >= 11 is 0. The molecule has 0 unspecified atom stereocenters. The van der Waals surface area contributed by atoms with E-state index in [1.807, 2.05) is 12.1 Å². The molecule has 9 heteroatoms.